The van der Waals surface area contributed by atoms with Gasteiger partial charge in [0.25, 0.3) is 0 Å². The predicted molar refractivity (Wildman–Crippen MR) is 66.6 cm³/mol. The summed E-state index contributed by atoms with van der Waals surface area (Å²) in [6.07, 6.45) is 4.01. The van der Waals surface area contributed by atoms with E-state index in [1.54, 1.807) is 0 Å². The van der Waals surface area contributed by atoms with Crippen molar-refractivity contribution < 1.29 is 9.84 Å². The molecule has 0 aliphatic carbocycles. The summed E-state index contributed by atoms with van der Waals surface area (Å²) in [5.41, 5.74) is -0.500. The number of nitrogens with zero attached hydrogens (tertiary/aromatic N) is 1. The van der Waals surface area contributed by atoms with Gasteiger partial charge in [0.05, 0.1) is 5.60 Å². The third-order valence-corrected chi connectivity index (χ3v) is 3.79. The number of likely N-dealkylation sites (N-methyl/N-ethyl adjacent to an activating group) is 1. The Kier molecular flexibility index (Phi) is 5.73. The average molecular weight is 229 g/mol. The Morgan fingerprint density at radius 1 is 1.25 bits per heavy atom. The van der Waals surface area contributed by atoms with Crippen LogP contribution in [-0.2, 0) is 4.74 Å². The first-order valence-electron chi connectivity index (χ1n) is 6.58. The normalized spacial score (nSPS) is 19.3. The fraction of sp³-hybridized carbons (Fsp3) is 1.00. The minimum absolute atomic E-state index is 0.500. The topological polar surface area (TPSA) is 32.7 Å². The zero-order chi connectivity index (χ0) is 12.0. The second-order valence-electron chi connectivity index (χ2n) is 5.18. The molecule has 0 aromatic heterocycles. The van der Waals surface area contributed by atoms with Crippen LogP contribution < -0.4 is 0 Å². The molecule has 0 spiro atoms. The minimum atomic E-state index is -0.500. The van der Waals surface area contributed by atoms with E-state index in [-0.39, 0.29) is 0 Å². The van der Waals surface area contributed by atoms with Gasteiger partial charge in [-0.05, 0) is 38.6 Å². The highest BCUT2D eigenvalue weighted by Crippen LogP contribution is 2.19. The number of aliphatic hydroxyl groups is 1. The van der Waals surface area contributed by atoms with Crippen molar-refractivity contribution in [2.24, 2.45) is 5.92 Å². The molecule has 1 aliphatic heterocycles. The molecular weight excluding hydrogens is 202 g/mol. The standard InChI is InChI=1S/C13H27NO2/c1-4-13(15,5-2)11-14(3)10-12-6-8-16-9-7-12/h12,15H,4-11H2,1-3H3. The molecule has 1 rings (SSSR count). The van der Waals surface area contributed by atoms with Crippen LogP contribution in [0.15, 0.2) is 0 Å². The Hall–Kier alpha value is -0.120. The van der Waals surface area contributed by atoms with Crippen molar-refractivity contribution in [2.45, 2.75) is 45.1 Å². The first kappa shape index (κ1) is 13.9. The zero-order valence-electron chi connectivity index (χ0n) is 11.0. The van der Waals surface area contributed by atoms with Crippen LogP contribution in [0.2, 0.25) is 0 Å². The number of ether oxygens (including phenoxy) is 1. The molecule has 3 nitrogen and oxygen atoms in total. The molecule has 0 unspecified atom stereocenters. The highest BCUT2D eigenvalue weighted by Gasteiger charge is 2.25. The van der Waals surface area contributed by atoms with Crippen molar-refractivity contribution in [3.05, 3.63) is 0 Å². The maximum Gasteiger partial charge on any atom is 0.0768 e. The summed E-state index contributed by atoms with van der Waals surface area (Å²) in [5, 5.41) is 10.3. The lowest BCUT2D eigenvalue weighted by molar-refractivity contribution is -0.00717. The van der Waals surface area contributed by atoms with Gasteiger partial charge >= 0.3 is 0 Å². The maximum atomic E-state index is 10.3. The van der Waals surface area contributed by atoms with Crippen LogP contribution in [0.4, 0.5) is 0 Å². The Balaban J connectivity index is 2.30. The Morgan fingerprint density at radius 2 is 1.81 bits per heavy atom. The highest BCUT2D eigenvalue weighted by molar-refractivity contribution is 4.79. The van der Waals surface area contributed by atoms with Crippen LogP contribution in [0.1, 0.15) is 39.5 Å². The van der Waals surface area contributed by atoms with E-state index in [2.05, 4.69) is 25.8 Å². The maximum absolute atomic E-state index is 10.3. The summed E-state index contributed by atoms with van der Waals surface area (Å²) in [6, 6.07) is 0. The second kappa shape index (κ2) is 6.58. The summed E-state index contributed by atoms with van der Waals surface area (Å²) >= 11 is 0. The van der Waals surface area contributed by atoms with E-state index in [4.69, 9.17) is 4.74 Å². The molecule has 1 saturated heterocycles. The van der Waals surface area contributed by atoms with Gasteiger partial charge in [0.15, 0.2) is 0 Å². The van der Waals surface area contributed by atoms with Gasteiger partial charge in [0, 0.05) is 26.3 Å². The van der Waals surface area contributed by atoms with E-state index in [1.807, 2.05) is 0 Å². The van der Waals surface area contributed by atoms with E-state index in [9.17, 15) is 5.11 Å². The molecule has 0 amide bonds. The van der Waals surface area contributed by atoms with Crippen molar-refractivity contribution >= 4 is 0 Å². The minimum Gasteiger partial charge on any atom is -0.389 e. The van der Waals surface area contributed by atoms with Crippen LogP contribution in [0.5, 0.6) is 0 Å². The largest absolute Gasteiger partial charge is 0.389 e. The van der Waals surface area contributed by atoms with E-state index >= 15 is 0 Å². The first-order valence-corrected chi connectivity index (χ1v) is 6.58. The van der Waals surface area contributed by atoms with Crippen molar-refractivity contribution in [1.29, 1.82) is 0 Å². The van der Waals surface area contributed by atoms with Gasteiger partial charge in [-0.25, -0.2) is 0 Å². The van der Waals surface area contributed by atoms with Crippen molar-refractivity contribution in [1.82, 2.24) is 4.90 Å². The quantitative estimate of drug-likeness (QED) is 0.755. The molecule has 0 saturated carbocycles. The molecule has 0 aromatic rings. The van der Waals surface area contributed by atoms with Crippen molar-refractivity contribution in [2.75, 3.05) is 33.4 Å². The molecule has 1 N–H and O–H groups in total. The average Bonchev–Trinajstić information content (AvgIpc) is 2.30. The third-order valence-electron chi connectivity index (χ3n) is 3.79. The van der Waals surface area contributed by atoms with E-state index < -0.39 is 5.60 Å². The number of rotatable bonds is 6. The molecule has 1 heterocycles. The van der Waals surface area contributed by atoms with Crippen molar-refractivity contribution in [3.8, 4) is 0 Å². The van der Waals surface area contributed by atoms with Gasteiger partial charge in [-0.3, -0.25) is 0 Å². The zero-order valence-corrected chi connectivity index (χ0v) is 11.0. The fourth-order valence-electron chi connectivity index (χ4n) is 2.41. The van der Waals surface area contributed by atoms with Crippen LogP contribution in [0, 0.1) is 5.92 Å². The van der Waals surface area contributed by atoms with Crippen LogP contribution in [0.3, 0.4) is 0 Å². The summed E-state index contributed by atoms with van der Waals surface area (Å²) in [4.78, 5) is 2.28. The summed E-state index contributed by atoms with van der Waals surface area (Å²) in [7, 11) is 2.12. The Morgan fingerprint density at radius 3 is 2.31 bits per heavy atom. The van der Waals surface area contributed by atoms with Gasteiger partial charge in [-0.15, -0.1) is 0 Å². The predicted octanol–water partition coefficient (Wildman–Crippen LogP) is 1.90. The van der Waals surface area contributed by atoms with Crippen LogP contribution >= 0.6 is 0 Å². The van der Waals surface area contributed by atoms with E-state index in [0.29, 0.717) is 0 Å². The molecule has 0 aromatic carbocycles. The Labute approximate surface area is 99.8 Å². The van der Waals surface area contributed by atoms with Crippen LogP contribution in [0.25, 0.3) is 0 Å². The lowest BCUT2D eigenvalue weighted by Crippen LogP contribution is -2.42. The number of hydrogen-bond acceptors (Lipinski definition) is 3. The lowest BCUT2D eigenvalue weighted by Gasteiger charge is -2.33. The molecule has 96 valence electrons. The molecule has 16 heavy (non-hydrogen) atoms. The van der Waals surface area contributed by atoms with E-state index in [0.717, 1.165) is 45.1 Å². The molecule has 0 atom stereocenters. The fourth-order valence-corrected chi connectivity index (χ4v) is 2.41. The summed E-state index contributed by atoms with van der Waals surface area (Å²) < 4.78 is 5.36. The van der Waals surface area contributed by atoms with E-state index in [1.165, 1.54) is 12.8 Å². The molecule has 3 heteroatoms. The monoisotopic (exact) mass is 229 g/mol. The Bertz CT molecular complexity index is 186. The summed E-state index contributed by atoms with van der Waals surface area (Å²) in [5.74, 6) is 0.747. The summed E-state index contributed by atoms with van der Waals surface area (Å²) in [6.45, 7) is 7.81. The van der Waals surface area contributed by atoms with Gasteiger partial charge < -0.3 is 14.7 Å². The number of hydrogen-bond donors (Lipinski definition) is 1. The molecule has 1 fully saturated rings. The van der Waals surface area contributed by atoms with Gasteiger partial charge in [-0.1, -0.05) is 13.8 Å². The van der Waals surface area contributed by atoms with Gasteiger partial charge in [0.1, 0.15) is 0 Å². The van der Waals surface area contributed by atoms with Crippen molar-refractivity contribution in [3.63, 3.8) is 0 Å². The van der Waals surface area contributed by atoms with Gasteiger partial charge in [-0.2, -0.15) is 0 Å². The van der Waals surface area contributed by atoms with Gasteiger partial charge in [0.2, 0.25) is 0 Å². The van der Waals surface area contributed by atoms with Crippen LogP contribution in [-0.4, -0.2) is 49.0 Å². The molecule has 0 radical (unpaired) electrons. The SMILES string of the molecule is CCC(O)(CC)CN(C)CC1CCOCC1. The molecule has 1 aliphatic rings. The molecule has 0 bridgehead atoms. The molecular formula is C13H27NO2. The third kappa shape index (κ3) is 4.40. The highest BCUT2D eigenvalue weighted by atomic mass is 16.5. The smallest absolute Gasteiger partial charge is 0.0768 e. The lowest BCUT2D eigenvalue weighted by atomic mass is 9.95. The second-order valence-corrected chi connectivity index (χ2v) is 5.18. The first-order chi connectivity index (χ1) is 7.59.